The molecule has 2 fully saturated rings. The van der Waals surface area contributed by atoms with Gasteiger partial charge in [-0.25, -0.2) is 0 Å². The predicted octanol–water partition coefficient (Wildman–Crippen LogP) is 6.83. The lowest BCUT2D eigenvalue weighted by Gasteiger charge is -2.35. The number of amides is 1. The molecular formula is C29H34N2O4. The van der Waals surface area contributed by atoms with E-state index in [-0.39, 0.29) is 18.7 Å². The Morgan fingerprint density at radius 2 is 1.80 bits per heavy atom. The first-order valence-corrected chi connectivity index (χ1v) is 12.9. The summed E-state index contributed by atoms with van der Waals surface area (Å²) in [6.07, 6.45) is 5.51. The van der Waals surface area contributed by atoms with Crippen LogP contribution >= 0.6 is 0 Å². The van der Waals surface area contributed by atoms with E-state index in [1.165, 1.54) is 6.42 Å². The highest BCUT2D eigenvalue weighted by molar-refractivity contribution is 6.02. The molecule has 2 saturated carbocycles. The molecule has 1 unspecified atom stereocenters. The van der Waals surface area contributed by atoms with E-state index in [0.717, 1.165) is 59.4 Å². The number of aliphatic carboxylic acids is 1. The van der Waals surface area contributed by atoms with Gasteiger partial charge in [0.25, 0.3) is 0 Å². The Balaban J connectivity index is 1.35. The van der Waals surface area contributed by atoms with Gasteiger partial charge in [0.1, 0.15) is 5.76 Å². The Morgan fingerprint density at radius 1 is 1.06 bits per heavy atom. The van der Waals surface area contributed by atoms with Gasteiger partial charge in [-0.1, -0.05) is 55.4 Å². The second-order valence-corrected chi connectivity index (χ2v) is 10.9. The molecule has 1 heterocycles. The van der Waals surface area contributed by atoms with Crippen molar-refractivity contribution >= 4 is 28.3 Å². The van der Waals surface area contributed by atoms with Gasteiger partial charge in [-0.3, -0.25) is 9.59 Å². The summed E-state index contributed by atoms with van der Waals surface area (Å²) in [5.74, 6) is 1.46. The van der Waals surface area contributed by atoms with Crippen molar-refractivity contribution in [1.29, 1.82) is 0 Å². The van der Waals surface area contributed by atoms with Crippen LogP contribution in [0.3, 0.4) is 0 Å². The van der Waals surface area contributed by atoms with E-state index in [9.17, 15) is 14.7 Å². The standard InChI is InChI=1S/C29H34N2O4/c1-17(2)12-18-13-22(14-18)29-27(20-10-11-20)28(31-35-29)21(16-26(33)34)15-25(32)30-24-9-5-7-19-6-3-4-8-23(19)24/h3-9,17-18,20-22H,10-16H2,1-2H3,(H,30,32)(H,33,34). The molecule has 2 N–H and O–H groups in total. The smallest absolute Gasteiger partial charge is 0.304 e. The number of hydrogen-bond acceptors (Lipinski definition) is 4. The van der Waals surface area contributed by atoms with Gasteiger partial charge in [0.05, 0.1) is 12.1 Å². The number of carboxylic acid groups (broad SMARTS) is 1. The molecule has 0 saturated heterocycles. The van der Waals surface area contributed by atoms with Crippen LogP contribution in [-0.2, 0) is 9.59 Å². The van der Waals surface area contributed by atoms with Crippen molar-refractivity contribution in [1.82, 2.24) is 5.16 Å². The lowest BCUT2D eigenvalue weighted by molar-refractivity contribution is -0.137. The average molecular weight is 475 g/mol. The highest BCUT2D eigenvalue weighted by Gasteiger charge is 2.42. The van der Waals surface area contributed by atoms with E-state index < -0.39 is 11.9 Å². The lowest BCUT2D eigenvalue weighted by atomic mass is 9.69. The van der Waals surface area contributed by atoms with Gasteiger partial charge in [0, 0.05) is 34.9 Å². The van der Waals surface area contributed by atoms with Gasteiger partial charge >= 0.3 is 5.97 Å². The minimum absolute atomic E-state index is 0.0574. The van der Waals surface area contributed by atoms with Crippen LogP contribution in [-0.4, -0.2) is 22.1 Å². The zero-order valence-electron chi connectivity index (χ0n) is 20.5. The molecule has 184 valence electrons. The van der Waals surface area contributed by atoms with Crippen molar-refractivity contribution in [3.8, 4) is 0 Å². The first-order valence-electron chi connectivity index (χ1n) is 12.9. The van der Waals surface area contributed by atoms with Crippen LogP contribution in [0.2, 0.25) is 0 Å². The number of nitrogens with one attached hydrogen (secondary N) is 1. The molecule has 5 rings (SSSR count). The van der Waals surface area contributed by atoms with Gasteiger partial charge in [0.15, 0.2) is 0 Å². The van der Waals surface area contributed by atoms with Crippen LogP contribution in [0.25, 0.3) is 10.8 Å². The zero-order chi connectivity index (χ0) is 24.5. The third-order valence-electron chi connectivity index (χ3n) is 7.48. The summed E-state index contributed by atoms with van der Waals surface area (Å²) in [5.41, 5.74) is 2.52. The summed E-state index contributed by atoms with van der Waals surface area (Å²) in [4.78, 5) is 24.9. The van der Waals surface area contributed by atoms with Crippen molar-refractivity contribution in [3.05, 3.63) is 59.5 Å². The van der Waals surface area contributed by atoms with Gasteiger partial charge in [-0.05, 0) is 61.3 Å². The summed E-state index contributed by atoms with van der Waals surface area (Å²) in [5, 5.41) is 19.1. The normalized spacial score (nSPS) is 20.5. The van der Waals surface area contributed by atoms with Crippen molar-refractivity contribution < 1.29 is 19.2 Å². The molecule has 2 aliphatic carbocycles. The quantitative estimate of drug-likeness (QED) is 0.336. The molecule has 6 nitrogen and oxygen atoms in total. The second-order valence-electron chi connectivity index (χ2n) is 10.9. The van der Waals surface area contributed by atoms with Crippen molar-refractivity contribution in [3.63, 3.8) is 0 Å². The number of hydrogen-bond donors (Lipinski definition) is 2. The van der Waals surface area contributed by atoms with Crippen LogP contribution in [0.5, 0.6) is 0 Å². The highest BCUT2D eigenvalue weighted by Crippen LogP contribution is 2.52. The summed E-state index contributed by atoms with van der Waals surface area (Å²) in [6, 6.07) is 13.7. The fourth-order valence-electron chi connectivity index (χ4n) is 5.74. The molecule has 1 atom stereocenters. The molecule has 2 aliphatic rings. The van der Waals surface area contributed by atoms with Crippen LogP contribution in [0.1, 0.15) is 93.6 Å². The molecular weight excluding hydrogens is 440 g/mol. The van der Waals surface area contributed by atoms with Gasteiger partial charge in [-0.2, -0.15) is 0 Å². The number of fused-ring (bicyclic) bond motifs is 1. The zero-order valence-corrected chi connectivity index (χ0v) is 20.5. The van der Waals surface area contributed by atoms with Crippen molar-refractivity contribution in [2.45, 2.75) is 76.5 Å². The van der Waals surface area contributed by atoms with Crippen LogP contribution in [0.15, 0.2) is 47.0 Å². The van der Waals surface area contributed by atoms with Crippen molar-refractivity contribution in [2.24, 2.45) is 11.8 Å². The molecule has 35 heavy (non-hydrogen) atoms. The predicted molar refractivity (Wildman–Crippen MR) is 136 cm³/mol. The maximum Gasteiger partial charge on any atom is 0.304 e. The first-order chi connectivity index (χ1) is 16.9. The molecule has 0 bridgehead atoms. The summed E-state index contributed by atoms with van der Waals surface area (Å²) >= 11 is 0. The Bertz CT molecular complexity index is 1220. The Hall–Kier alpha value is -3.15. The first kappa shape index (κ1) is 23.6. The number of carboxylic acids is 1. The topological polar surface area (TPSA) is 92.4 Å². The molecule has 3 aromatic rings. The van der Waals surface area contributed by atoms with Crippen LogP contribution in [0, 0.1) is 11.8 Å². The molecule has 1 amide bonds. The van der Waals surface area contributed by atoms with Crippen LogP contribution < -0.4 is 5.32 Å². The second kappa shape index (κ2) is 9.84. The van der Waals surface area contributed by atoms with E-state index in [1.807, 2.05) is 42.5 Å². The molecule has 0 radical (unpaired) electrons. The van der Waals surface area contributed by atoms with Gasteiger partial charge in [-0.15, -0.1) is 0 Å². The maximum absolute atomic E-state index is 13.1. The average Bonchev–Trinajstić information content (AvgIpc) is 3.53. The van der Waals surface area contributed by atoms with Gasteiger partial charge < -0.3 is 14.9 Å². The van der Waals surface area contributed by atoms with Crippen molar-refractivity contribution in [2.75, 3.05) is 5.32 Å². The third-order valence-corrected chi connectivity index (χ3v) is 7.48. The number of carbonyl (C=O) groups excluding carboxylic acids is 1. The number of benzene rings is 2. The van der Waals surface area contributed by atoms with Crippen LogP contribution in [0.4, 0.5) is 5.69 Å². The Morgan fingerprint density at radius 3 is 2.51 bits per heavy atom. The number of rotatable bonds is 10. The number of anilines is 1. The van der Waals surface area contributed by atoms with Gasteiger partial charge in [0.2, 0.25) is 5.91 Å². The fraction of sp³-hybridized carbons (Fsp3) is 0.483. The molecule has 1 aromatic heterocycles. The molecule has 2 aromatic carbocycles. The Kier molecular flexibility index (Phi) is 6.63. The maximum atomic E-state index is 13.1. The van der Waals surface area contributed by atoms with E-state index in [1.54, 1.807) is 0 Å². The fourth-order valence-corrected chi connectivity index (χ4v) is 5.74. The van der Waals surface area contributed by atoms with E-state index >= 15 is 0 Å². The lowest BCUT2D eigenvalue weighted by Crippen LogP contribution is -2.24. The molecule has 0 aliphatic heterocycles. The minimum atomic E-state index is -0.931. The summed E-state index contributed by atoms with van der Waals surface area (Å²) < 4.78 is 5.90. The Labute approximate surface area is 206 Å². The van der Waals surface area contributed by atoms with E-state index in [2.05, 4.69) is 24.3 Å². The highest BCUT2D eigenvalue weighted by atomic mass is 16.5. The van der Waals surface area contributed by atoms with E-state index in [4.69, 9.17) is 4.52 Å². The molecule has 0 spiro atoms. The number of aromatic nitrogens is 1. The largest absolute Gasteiger partial charge is 0.481 e. The minimum Gasteiger partial charge on any atom is -0.481 e. The SMILES string of the molecule is CC(C)CC1CC(c2onc(C(CC(=O)O)CC(=O)Nc3cccc4ccccc34)c2C2CC2)C1. The number of carbonyl (C=O) groups is 2. The monoisotopic (exact) mass is 474 g/mol. The summed E-state index contributed by atoms with van der Waals surface area (Å²) in [7, 11) is 0. The third kappa shape index (κ3) is 5.26. The van der Waals surface area contributed by atoms with E-state index in [0.29, 0.717) is 23.4 Å². The molecule has 6 heteroatoms. The number of nitrogens with zero attached hydrogens (tertiary/aromatic N) is 1. The summed E-state index contributed by atoms with van der Waals surface area (Å²) in [6.45, 7) is 4.52.